The Morgan fingerprint density at radius 2 is 2.25 bits per heavy atom. The minimum absolute atomic E-state index is 0.0872. The number of rotatable bonds is 8. The minimum atomic E-state index is 0.0872. The number of hydrogen-bond acceptors (Lipinski definition) is 3. The molecular formula is C12H20N2O2. The first-order valence-corrected chi connectivity index (χ1v) is 5.82. The number of furan rings is 1. The van der Waals surface area contributed by atoms with Crippen LogP contribution in [-0.4, -0.2) is 19.0 Å². The summed E-state index contributed by atoms with van der Waals surface area (Å²) in [5.74, 6) is 0.947. The number of carbonyl (C=O) groups is 1. The average Bonchev–Trinajstić information content (AvgIpc) is 2.79. The van der Waals surface area contributed by atoms with Gasteiger partial charge in [0, 0.05) is 19.4 Å². The maximum absolute atomic E-state index is 11.4. The fraction of sp³-hybridized carbons (Fsp3) is 0.583. The van der Waals surface area contributed by atoms with Crippen LogP contribution in [0.5, 0.6) is 0 Å². The summed E-state index contributed by atoms with van der Waals surface area (Å²) in [5.41, 5.74) is 5.37. The molecule has 0 radical (unpaired) electrons. The number of nitrogens with two attached hydrogens (primary N) is 1. The molecule has 1 rings (SSSR count). The van der Waals surface area contributed by atoms with Gasteiger partial charge in [0.1, 0.15) is 5.76 Å². The zero-order valence-electron chi connectivity index (χ0n) is 9.58. The molecule has 4 nitrogen and oxygen atoms in total. The topological polar surface area (TPSA) is 68.3 Å². The molecule has 0 saturated carbocycles. The van der Waals surface area contributed by atoms with Gasteiger partial charge in [-0.1, -0.05) is 6.42 Å². The molecule has 0 aliphatic heterocycles. The monoisotopic (exact) mass is 224 g/mol. The lowest BCUT2D eigenvalue weighted by Gasteiger charge is -2.03. The Balaban J connectivity index is 1.99. The molecule has 0 spiro atoms. The van der Waals surface area contributed by atoms with E-state index >= 15 is 0 Å². The molecule has 1 aromatic heterocycles. The van der Waals surface area contributed by atoms with E-state index in [0.29, 0.717) is 12.8 Å². The maximum atomic E-state index is 11.4. The van der Waals surface area contributed by atoms with Gasteiger partial charge in [-0.15, -0.1) is 0 Å². The van der Waals surface area contributed by atoms with E-state index in [9.17, 15) is 4.79 Å². The van der Waals surface area contributed by atoms with E-state index in [0.717, 1.165) is 38.1 Å². The zero-order chi connectivity index (χ0) is 11.6. The summed E-state index contributed by atoms with van der Waals surface area (Å²) < 4.78 is 5.15. The van der Waals surface area contributed by atoms with Gasteiger partial charge in [0.05, 0.1) is 6.26 Å². The van der Waals surface area contributed by atoms with E-state index in [1.165, 1.54) is 0 Å². The van der Waals surface area contributed by atoms with Crippen molar-refractivity contribution in [2.45, 2.75) is 32.1 Å². The maximum Gasteiger partial charge on any atom is 0.220 e. The van der Waals surface area contributed by atoms with E-state index in [1.807, 2.05) is 12.1 Å². The predicted molar refractivity (Wildman–Crippen MR) is 62.9 cm³/mol. The standard InChI is InChI=1S/C12H20N2O2/c13-8-2-1-3-9-14-12(15)7-6-11-5-4-10-16-11/h4-5,10H,1-3,6-9,13H2,(H,14,15). The van der Waals surface area contributed by atoms with Crippen LogP contribution in [0.2, 0.25) is 0 Å². The Morgan fingerprint density at radius 3 is 2.94 bits per heavy atom. The van der Waals surface area contributed by atoms with Crippen molar-refractivity contribution in [2.24, 2.45) is 5.73 Å². The molecule has 1 aromatic rings. The second-order valence-corrected chi connectivity index (χ2v) is 3.78. The second kappa shape index (κ2) is 7.93. The summed E-state index contributed by atoms with van der Waals surface area (Å²) in [6.45, 7) is 1.48. The molecule has 1 amide bonds. The van der Waals surface area contributed by atoms with Crippen molar-refractivity contribution in [1.29, 1.82) is 0 Å². The van der Waals surface area contributed by atoms with Crippen LogP contribution in [0.3, 0.4) is 0 Å². The number of hydrogen-bond donors (Lipinski definition) is 2. The smallest absolute Gasteiger partial charge is 0.220 e. The third kappa shape index (κ3) is 5.56. The van der Waals surface area contributed by atoms with Gasteiger partial charge in [-0.05, 0) is 31.5 Å². The van der Waals surface area contributed by atoms with Crippen molar-refractivity contribution >= 4 is 5.91 Å². The highest BCUT2D eigenvalue weighted by Crippen LogP contribution is 2.03. The van der Waals surface area contributed by atoms with E-state index < -0.39 is 0 Å². The summed E-state index contributed by atoms with van der Waals surface area (Å²) in [4.78, 5) is 11.4. The van der Waals surface area contributed by atoms with E-state index in [-0.39, 0.29) is 5.91 Å². The number of aryl methyl sites for hydroxylation is 1. The predicted octanol–water partition coefficient (Wildman–Crippen LogP) is 1.46. The fourth-order valence-electron chi connectivity index (χ4n) is 1.45. The number of carbonyl (C=O) groups excluding carboxylic acids is 1. The zero-order valence-corrected chi connectivity index (χ0v) is 9.58. The van der Waals surface area contributed by atoms with Crippen LogP contribution in [-0.2, 0) is 11.2 Å². The molecule has 16 heavy (non-hydrogen) atoms. The Kier molecular flexibility index (Phi) is 6.33. The highest BCUT2D eigenvalue weighted by atomic mass is 16.3. The molecule has 0 fully saturated rings. The molecule has 3 N–H and O–H groups in total. The summed E-state index contributed by atoms with van der Waals surface area (Å²) in [7, 11) is 0. The minimum Gasteiger partial charge on any atom is -0.469 e. The SMILES string of the molecule is NCCCCCNC(=O)CCc1ccco1. The van der Waals surface area contributed by atoms with Gasteiger partial charge < -0.3 is 15.5 Å². The molecule has 0 aromatic carbocycles. The molecule has 0 aliphatic rings. The van der Waals surface area contributed by atoms with E-state index in [2.05, 4.69) is 5.32 Å². The average molecular weight is 224 g/mol. The van der Waals surface area contributed by atoms with Gasteiger partial charge in [-0.2, -0.15) is 0 Å². The van der Waals surface area contributed by atoms with Crippen molar-refractivity contribution < 1.29 is 9.21 Å². The molecule has 0 atom stereocenters. The molecule has 1 heterocycles. The van der Waals surface area contributed by atoms with Crippen molar-refractivity contribution in [3.63, 3.8) is 0 Å². The molecule has 0 bridgehead atoms. The third-order valence-corrected chi connectivity index (χ3v) is 2.38. The number of unbranched alkanes of at least 4 members (excludes halogenated alkanes) is 2. The largest absolute Gasteiger partial charge is 0.469 e. The second-order valence-electron chi connectivity index (χ2n) is 3.78. The summed E-state index contributed by atoms with van der Waals surface area (Å²) in [5, 5.41) is 2.88. The van der Waals surface area contributed by atoms with Crippen LogP contribution < -0.4 is 11.1 Å². The lowest BCUT2D eigenvalue weighted by molar-refractivity contribution is -0.121. The Labute approximate surface area is 96.2 Å². The van der Waals surface area contributed by atoms with Crippen molar-refractivity contribution in [1.82, 2.24) is 5.32 Å². The van der Waals surface area contributed by atoms with Crippen LogP contribution in [0.1, 0.15) is 31.4 Å². The summed E-state index contributed by atoms with van der Waals surface area (Å²) in [6, 6.07) is 3.72. The van der Waals surface area contributed by atoms with E-state index in [4.69, 9.17) is 10.2 Å². The van der Waals surface area contributed by atoms with Gasteiger partial charge in [0.15, 0.2) is 0 Å². The van der Waals surface area contributed by atoms with Crippen LogP contribution in [0, 0.1) is 0 Å². The van der Waals surface area contributed by atoms with Gasteiger partial charge >= 0.3 is 0 Å². The third-order valence-electron chi connectivity index (χ3n) is 2.38. The van der Waals surface area contributed by atoms with Crippen molar-refractivity contribution in [3.8, 4) is 0 Å². The van der Waals surface area contributed by atoms with Crippen molar-refractivity contribution in [3.05, 3.63) is 24.2 Å². The molecule has 4 heteroatoms. The van der Waals surface area contributed by atoms with Crippen LogP contribution >= 0.6 is 0 Å². The molecular weight excluding hydrogens is 204 g/mol. The highest BCUT2D eigenvalue weighted by Gasteiger charge is 2.02. The van der Waals surface area contributed by atoms with Crippen molar-refractivity contribution in [2.75, 3.05) is 13.1 Å². The lowest BCUT2D eigenvalue weighted by atomic mass is 10.2. The van der Waals surface area contributed by atoms with Crippen LogP contribution in [0.25, 0.3) is 0 Å². The first-order valence-electron chi connectivity index (χ1n) is 5.82. The van der Waals surface area contributed by atoms with Gasteiger partial charge in [0.25, 0.3) is 0 Å². The molecule has 0 unspecified atom stereocenters. The number of nitrogens with one attached hydrogen (secondary N) is 1. The Hall–Kier alpha value is -1.29. The van der Waals surface area contributed by atoms with Crippen LogP contribution in [0.4, 0.5) is 0 Å². The first-order chi connectivity index (χ1) is 7.83. The fourth-order valence-corrected chi connectivity index (χ4v) is 1.45. The molecule has 0 aliphatic carbocycles. The highest BCUT2D eigenvalue weighted by molar-refractivity contribution is 5.75. The number of amides is 1. The lowest BCUT2D eigenvalue weighted by Crippen LogP contribution is -2.24. The normalized spacial score (nSPS) is 10.3. The Morgan fingerprint density at radius 1 is 1.38 bits per heavy atom. The summed E-state index contributed by atoms with van der Waals surface area (Å²) >= 11 is 0. The first kappa shape index (κ1) is 12.8. The Bertz CT molecular complexity index is 283. The molecule has 90 valence electrons. The quantitative estimate of drug-likeness (QED) is 0.657. The van der Waals surface area contributed by atoms with Gasteiger partial charge in [-0.25, -0.2) is 0 Å². The molecule has 0 saturated heterocycles. The van der Waals surface area contributed by atoms with Crippen LogP contribution in [0.15, 0.2) is 22.8 Å². The van der Waals surface area contributed by atoms with Gasteiger partial charge in [0.2, 0.25) is 5.91 Å². The summed E-state index contributed by atoms with van der Waals surface area (Å²) in [6.07, 6.45) is 5.90. The van der Waals surface area contributed by atoms with Gasteiger partial charge in [-0.3, -0.25) is 4.79 Å². The van der Waals surface area contributed by atoms with E-state index in [1.54, 1.807) is 6.26 Å².